The Balaban J connectivity index is 1.76. The summed E-state index contributed by atoms with van der Waals surface area (Å²) in [4.78, 5) is 14.1. The largest absolute Gasteiger partial charge is 0.412 e. The predicted molar refractivity (Wildman–Crippen MR) is 97.4 cm³/mol. The molecule has 1 saturated heterocycles. The maximum absolute atomic E-state index is 12.4. The number of piperidine rings is 1. The van der Waals surface area contributed by atoms with E-state index >= 15 is 0 Å². The van der Waals surface area contributed by atoms with Gasteiger partial charge in [-0.25, -0.2) is 13.1 Å². The van der Waals surface area contributed by atoms with E-state index in [9.17, 15) is 13.2 Å². The molecule has 3 rings (SSSR count). The van der Waals surface area contributed by atoms with Gasteiger partial charge in [0.15, 0.2) is 0 Å². The maximum atomic E-state index is 12.4. The number of sulfonamides is 1. The summed E-state index contributed by atoms with van der Waals surface area (Å²) in [6.45, 7) is 5.10. The highest BCUT2D eigenvalue weighted by atomic mass is 32.2. The first-order valence-electron chi connectivity index (χ1n) is 8.64. The van der Waals surface area contributed by atoms with Gasteiger partial charge in [0.1, 0.15) is 4.21 Å². The molecule has 3 heterocycles. The molecule has 1 unspecified atom stereocenters. The number of aromatic nitrogens is 2. The fourth-order valence-corrected chi connectivity index (χ4v) is 5.13. The zero-order valence-corrected chi connectivity index (χ0v) is 16.4. The Bertz CT molecular complexity index is 868. The summed E-state index contributed by atoms with van der Waals surface area (Å²) >= 11 is 1.08. The van der Waals surface area contributed by atoms with E-state index in [1.54, 1.807) is 10.3 Å². The van der Waals surface area contributed by atoms with Crippen molar-refractivity contribution in [3.8, 4) is 11.5 Å². The number of hydrogen-bond acceptors (Lipinski definition) is 7. The average molecular weight is 399 g/mol. The lowest BCUT2D eigenvalue weighted by Gasteiger charge is -2.24. The summed E-state index contributed by atoms with van der Waals surface area (Å²) in [5.41, 5.74) is 0.490. The molecule has 0 saturated carbocycles. The van der Waals surface area contributed by atoms with Crippen molar-refractivity contribution in [2.45, 2.75) is 49.8 Å². The molecule has 26 heavy (non-hydrogen) atoms. The number of amides is 1. The number of thiophene rings is 1. The van der Waals surface area contributed by atoms with E-state index in [0.717, 1.165) is 30.6 Å². The van der Waals surface area contributed by atoms with Crippen LogP contribution in [-0.2, 0) is 10.0 Å². The second-order valence-corrected chi connectivity index (χ2v) is 9.20. The number of nitrogens with zero attached hydrogens (tertiary/aromatic N) is 3. The van der Waals surface area contributed by atoms with Crippen molar-refractivity contribution in [3.05, 3.63) is 17.3 Å². The summed E-state index contributed by atoms with van der Waals surface area (Å²) in [5.74, 6) is -0.188. The average Bonchev–Trinajstić information content (AvgIpc) is 3.31. The number of likely N-dealkylation sites (tertiary alicyclic amines) is 1. The van der Waals surface area contributed by atoms with Crippen LogP contribution in [0.15, 0.2) is 20.1 Å². The number of rotatable bonds is 6. The minimum atomic E-state index is -3.58. The van der Waals surface area contributed by atoms with Crippen molar-refractivity contribution in [2.75, 3.05) is 13.1 Å². The topological polar surface area (TPSA) is 105 Å². The first-order valence-corrected chi connectivity index (χ1v) is 11.0. The molecule has 1 atom stereocenters. The molecule has 0 aliphatic carbocycles. The van der Waals surface area contributed by atoms with Gasteiger partial charge >= 0.3 is 11.8 Å². The summed E-state index contributed by atoms with van der Waals surface area (Å²) in [6.07, 6.45) is 3.77. The maximum Gasteiger partial charge on any atom is 0.311 e. The molecule has 1 N–H and O–H groups in total. The van der Waals surface area contributed by atoms with Gasteiger partial charge in [-0.1, -0.05) is 6.92 Å². The zero-order valence-electron chi connectivity index (χ0n) is 14.8. The van der Waals surface area contributed by atoms with Gasteiger partial charge in [-0.15, -0.1) is 21.5 Å². The van der Waals surface area contributed by atoms with E-state index in [4.69, 9.17) is 4.42 Å². The van der Waals surface area contributed by atoms with Crippen LogP contribution in [0.5, 0.6) is 0 Å². The monoisotopic (exact) mass is 398 g/mol. The van der Waals surface area contributed by atoms with Crippen LogP contribution in [0.4, 0.5) is 0 Å². The van der Waals surface area contributed by atoms with Crippen molar-refractivity contribution in [1.29, 1.82) is 0 Å². The van der Waals surface area contributed by atoms with Crippen LogP contribution in [0.2, 0.25) is 0 Å². The third kappa shape index (κ3) is 4.13. The molecular weight excluding hydrogens is 376 g/mol. The Labute approximate surface area is 156 Å². The van der Waals surface area contributed by atoms with Crippen LogP contribution in [0.1, 0.15) is 50.2 Å². The van der Waals surface area contributed by atoms with Gasteiger partial charge in [0.25, 0.3) is 0 Å². The lowest BCUT2D eigenvalue weighted by Crippen LogP contribution is -2.35. The van der Waals surface area contributed by atoms with E-state index in [-0.39, 0.29) is 27.9 Å². The molecule has 0 aromatic carbocycles. The van der Waals surface area contributed by atoms with Crippen LogP contribution < -0.4 is 4.72 Å². The van der Waals surface area contributed by atoms with Crippen LogP contribution >= 0.6 is 11.3 Å². The molecule has 0 radical (unpaired) electrons. The smallest absolute Gasteiger partial charge is 0.311 e. The fraction of sp³-hybridized carbons (Fsp3) is 0.562. The van der Waals surface area contributed by atoms with Crippen molar-refractivity contribution in [1.82, 2.24) is 19.8 Å². The fourth-order valence-electron chi connectivity index (χ4n) is 2.63. The van der Waals surface area contributed by atoms with E-state index in [1.165, 1.54) is 6.07 Å². The second kappa shape index (κ2) is 7.85. The minimum absolute atomic E-state index is 0.0600. The number of carbonyl (C=O) groups is 1. The molecule has 1 amide bonds. The highest BCUT2D eigenvalue weighted by molar-refractivity contribution is 7.91. The molecule has 1 aliphatic rings. The Hall–Kier alpha value is -1.78. The quantitative estimate of drug-likeness (QED) is 0.801. The molecule has 10 heteroatoms. The third-order valence-corrected chi connectivity index (χ3v) is 7.34. The van der Waals surface area contributed by atoms with Crippen LogP contribution in [0.25, 0.3) is 11.5 Å². The van der Waals surface area contributed by atoms with Gasteiger partial charge < -0.3 is 9.32 Å². The molecule has 2 aromatic heterocycles. The minimum Gasteiger partial charge on any atom is -0.412 e. The summed E-state index contributed by atoms with van der Waals surface area (Å²) in [6, 6.07) is 1.33. The first kappa shape index (κ1) is 19.0. The molecule has 1 fully saturated rings. The number of hydrogen-bond donors (Lipinski definition) is 1. The third-order valence-electron chi connectivity index (χ3n) is 4.31. The van der Waals surface area contributed by atoms with Crippen LogP contribution in [0, 0.1) is 0 Å². The van der Waals surface area contributed by atoms with E-state index in [2.05, 4.69) is 14.9 Å². The van der Waals surface area contributed by atoms with Crippen molar-refractivity contribution < 1.29 is 17.6 Å². The second-order valence-electron chi connectivity index (χ2n) is 6.35. The van der Waals surface area contributed by atoms with Crippen LogP contribution in [0.3, 0.4) is 0 Å². The molecule has 0 spiro atoms. The van der Waals surface area contributed by atoms with Gasteiger partial charge in [0.2, 0.25) is 15.9 Å². The van der Waals surface area contributed by atoms with Crippen molar-refractivity contribution in [2.24, 2.45) is 0 Å². The van der Waals surface area contributed by atoms with Crippen molar-refractivity contribution >= 4 is 27.3 Å². The number of carbonyl (C=O) groups excluding carboxylic acids is 1. The zero-order chi connectivity index (χ0) is 18.7. The Kier molecular flexibility index (Phi) is 5.73. The highest BCUT2D eigenvalue weighted by Gasteiger charge is 2.25. The lowest BCUT2D eigenvalue weighted by molar-refractivity contribution is 0.0684. The predicted octanol–water partition coefficient (Wildman–Crippen LogP) is 2.50. The van der Waals surface area contributed by atoms with Gasteiger partial charge in [-0.05, 0) is 38.7 Å². The summed E-state index contributed by atoms with van der Waals surface area (Å²) in [7, 11) is -3.58. The van der Waals surface area contributed by atoms with E-state index in [1.807, 2.05) is 13.8 Å². The molecule has 0 bridgehead atoms. The molecule has 1 aliphatic heterocycles. The van der Waals surface area contributed by atoms with Gasteiger partial charge in [0, 0.05) is 24.5 Å². The number of nitrogens with one attached hydrogen (secondary N) is 1. The van der Waals surface area contributed by atoms with E-state index in [0.29, 0.717) is 25.1 Å². The first-order chi connectivity index (χ1) is 12.4. The summed E-state index contributed by atoms with van der Waals surface area (Å²) < 4.78 is 33.0. The SMILES string of the molecule is CCC(C)NS(=O)(=O)c1cc(-c2nnc(C(=O)N3CCCCC3)o2)cs1. The van der Waals surface area contributed by atoms with Gasteiger partial charge in [-0.2, -0.15) is 0 Å². The lowest BCUT2D eigenvalue weighted by atomic mass is 10.1. The van der Waals surface area contributed by atoms with E-state index < -0.39 is 10.0 Å². The molecule has 2 aromatic rings. The normalized spacial score (nSPS) is 16.6. The molecular formula is C16H22N4O4S2. The van der Waals surface area contributed by atoms with Gasteiger partial charge in [0.05, 0.1) is 5.56 Å². The Morgan fingerprint density at radius 1 is 1.35 bits per heavy atom. The highest BCUT2D eigenvalue weighted by Crippen LogP contribution is 2.28. The standard InChI is InChI=1S/C16H22N4O4S2/c1-3-11(2)19-26(22,23)13-9-12(10-25-13)14-17-18-15(24-14)16(21)20-7-5-4-6-8-20/h9-11,19H,3-8H2,1-2H3. The Morgan fingerprint density at radius 3 is 2.77 bits per heavy atom. The van der Waals surface area contributed by atoms with Gasteiger partial charge in [-0.3, -0.25) is 4.79 Å². The summed E-state index contributed by atoms with van der Waals surface area (Å²) in [5, 5.41) is 9.37. The molecule has 142 valence electrons. The van der Waals surface area contributed by atoms with Crippen LogP contribution in [-0.4, -0.2) is 48.6 Å². The van der Waals surface area contributed by atoms with Crippen molar-refractivity contribution in [3.63, 3.8) is 0 Å². The Morgan fingerprint density at radius 2 is 2.08 bits per heavy atom. The molecule has 8 nitrogen and oxygen atoms in total.